The Bertz CT molecular complexity index is 264. The van der Waals surface area contributed by atoms with Crippen LogP contribution in [0.15, 0.2) is 23.4 Å². The third kappa shape index (κ3) is 1.52. The van der Waals surface area contributed by atoms with Gasteiger partial charge in [0.15, 0.2) is 5.03 Å². The Morgan fingerprint density at radius 2 is 2.40 bits per heavy atom. The molecule has 0 aliphatic carbocycles. The van der Waals surface area contributed by atoms with Crippen molar-refractivity contribution < 1.29 is 8.76 Å². The molecule has 10 heavy (non-hydrogen) atoms. The molecule has 0 aliphatic heterocycles. The summed E-state index contributed by atoms with van der Waals surface area (Å²) in [7, 11) is 0. The number of nitrogens with two attached hydrogens (primary N) is 1. The van der Waals surface area contributed by atoms with Crippen molar-refractivity contribution in [3.63, 3.8) is 0 Å². The lowest BCUT2D eigenvalue weighted by molar-refractivity contribution is 0.560. The maximum atomic E-state index is 10.3. The molecule has 1 rings (SSSR count). The van der Waals surface area contributed by atoms with Crippen LogP contribution in [0, 0.1) is 0 Å². The highest BCUT2D eigenvalue weighted by molar-refractivity contribution is 7.79. The SMILES string of the molecule is Nc1ccnc(S(=O)O)c1. The second kappa shape index (κ2) is 2.76. The second-order valence-corrected chi connectivity index (χ2v) is 2.59. The number of rotatable bonds is 1. The average molecular weight is 158 g/mol. The lowest BCUT2D eigenvalue weighted by atomic mass is 10.4. The number of hydrogen-bond acceptors (Lipinski definition) is 3. The Kier molecular flexibility index (Phi) is 1.98. The smallest absolute Gasteiger partial charge is 0.205 e. The van der Waals surface area contributed by atoms with Crippen molar-refractivity contribution in [1.82, 2.24) is 4.98 Å². The van der Waals surface area contributed by atoms with E-state index in [-0.39, 0.29) is 5.03 Å². The number of hydrogen-bond donors (Lipinski definition) is 2. The molecule has 0 saturated carbocycles. The quantitative estimate of drug-likeness (QED) is 0.574. The monoisotopic (exact) mass is 158 g/mol. The molecule has 0 bridgehead atoms. The first-order chi connectivity index (χ1) is 4.70. The van der Waals surface area contributed by atoms with Gasteiger partial charge in [0.2, 0.25) is 11.1 Å². The zero-order valence-corrected chi connectivity index (χ0v) is 5.84. The van der Waals surface area contributed by atoms with Gasteiger partial charge in [0.1, 0.15) is 0 Å². The summed E-state index contributed by atoms with van der Waals surface area (Å²) in [6, 6.07) is 2.91. The molecule has 1 aromatic heterocycles. The summed E-state index contributed by atoms with van der Waals surface area (Å²) in [4.78, 5) is 3.61. The molecule has 1 heterocycles. The lowest BCUT2D eigenvalue weighted by Gasteiger charge is -1.93. The largest absolute Gasteiger partial charge is 0.399 e. The molecule has 5 heteroatoms. The molecule has 0 aliphatic rings. The van der Waals surface area contributed by atoms with Gasteiger partial charge in [-0.2, -0.15) is 0 Å². The van der Waals surface area contributed by atoms with E-state index >= 15 is 0 Å². The Morgan fingerprint density at radius 1 is 1.70 bits per heavy atom. The van der Waals surface area contributed by atoms with E-state index in [0.717, 1.165) is 0 Å². The van der Waals surface area contributed by atoms with Gasteiger partial charge in [-0.3, -0.25) is 0 Å². The van der Waals surface area contributed by atoms with Gasteiger partial charge in [0.25, 0.3) is 0 Å². The molecule has 4 nitrogen and oxygen atoms in total. The van der Waals surface area contributed by atoms with Crippen LogP contribution in [0.25, 0.3) is 0 Å². The zero-order valence-electron chi connectivity index (χ0n) is 5.02. The van der Waals surface area contributed by atoms with Crippen LogP contribution in [0.3, 0.4) is 0 Å². The third-order valence-electron chi connectivity index (χ3n) is 0.938. The van der Waals surface area contributed by atoms with Gasteiger partial charge in [-0.15, -0.1) is 0 Å². The van der Waals surface area contributed by atoms with E-state index in [1.807, 2.05) is 0 Å². The number of pyridine rings is 1. The van der Waals surface area contributed by atoms with E-state index < -0.39 is 11.1 Å². The molecular weight excluding hydrogens is 152 g/mol. The molecule has 0 radical (unpaired) electrons. The summed E-state index contributed by atoms with van der Waals surface area (Å²) in [5.41, 5.74) is 5.75. The third-order valence-corrected chi connectivity index (χ3v) is 1.52. The number of aromatic nitrogens is 1. The van der Waals surface area contributed by atoms with Crippen molar-refractivity contribution in [1.29, 1.82) is 0 Å². The van der Waals surface area contributed by atoms with E-state index in [0.29, 0.717) is 5.69 Å². The standard InChI is InChI=1S/C5H6N2O2S/c6-4-1-2-7-5(3-4)10(8)9/h1-3H,(H2,6,7)(H,8,9). The van der Waals surface area contributed by atoms with Crippen LogP contribution in [0.2, 0.25) is 0 Å². The van der Waals surface area contributed by atoms with Crippen LogP contribution in [0.4, 0.5) is 5.69 Å². The Morgan fingerprint density at radius 3 is 2.80 bits per heavy atom. The minimum Gasteiger partial charge on any atom is -0.399 e. The van der Waals surface area contributed by atoms with Gasteiger partial charge in [-0.1, -0.05) is 0 Å². The molecule has 0 amide bonds. The zero-order chi connectivity index (χ0) is 7.56. The van der Waals surface area contributed by atoms with Gasteiger partial charge >= 0.3 is 0 Å². The van der Waals surface area contributed by atoms with Gasteiger partial charge < -0.3 is 10.3 Å². The summed E-state index contributed by atoms with van der Waals surface area (Å²) in [5.74, 6) is 0. The molecule has 0 fully saturated rings. The van der Waals surface area contributed by atoms with Crippen molar-refractivity contribution in [2.45, 2.75) is 5.03 Å². The van der Waals surface area contributed by atoms with E-state index in [2.05, 4.69) is 4.98 Å². The maximum Gasteiger partial charge on any atom is 0.205 e. The number of nitrogens with zero attached hydrogens (tertiary/aromatic N) is 1. The number of anilines is 1. The summed E-state index contributed by atoms with van der Waals surface area (Å²) in [6.45, 7) is 0. The van der Waals surface area contributed by atoms with E-state index in [4.69, 9.17) is 10.3 Å². The Labute approximate surface area is 60.4 Å². The second-order valence-electron chi connectivity index (χ2n) is 1.68. The predicted octanol–water partition coefficient (Wildman–Crippen LogP) is 0.244. The number of nitrogen functional groups attached to an aromatic ring is 1. The fraction of sp³-hybridized carbons (Fsp3) is 0. The molecule has 0 spiro atoms. The van der Waals surface area contributed by atoms with Crippen LogP contribution in [0.1, 0.15) is 0 Å². The van der Waals surface area contributed by atoms with Crippen molar-refractivity contribution in [2.24, 2.45) is 0 Å². The van der Waals surface area contributed by atoms with Crippen LogP contribution >= 0.6 is 0 Å². The normalized spacial score (nSPS) is 12.9. The highest BCUT2D eigenvalue weighted by atomic mass is 32.2. The molecule has 3 N–H and O–H groups in total. The summed E-state index contributed by atoms with van der Waals surface area (Å²) < 4.78 is 18.8. The predicted molar refractivity (Wildman–Crippen MR) is 37.7 cm³/mol. The van der Waals surface area contributed by atoms with Gasteiger partial charge in [0.05, 0.1) is 0 Å². The summed E-state index contributed by atoms with van der Waals surface area (Å²) in [6.07, 6.45) is 1.39. The van der Waals surface area contributed by atoms with Crippen molar-refractivity contribution in [3.8, 4) is 0 Å². The highest BCUT2D eigenvalue weighted by Gasteiger charge is 1.99. The lowest BCUT2D eigenvalue weighted by Crippen LogP contribution is -1.94. The highest BCUT2D eigenvalue weighted by Crippen LogP contribution is 2.04. The maximum absolute atomic E-state index is 10.3. The fourth-order valence-corrected chi connectivity index (χ4v) is 0.908. The first kappa shape index (κ1) is 7.17. The van der Waals surface area contributed by atoms with Gasteiger partial charge in [-0.25, -0.2) is 9.19 Å². The minimum absolute atomic E-state index is 0.0833. The topological polar surface area (TPSA) is 76.2 Å². The molecule has 1 atom stereocenters. The van der Waals surface area contributed by atoms with E-state index in [9.17, 15) is 4.21 Å². The molecule has 0 aromatic carbocycles. The average Bonchev–Trinajstić information content (AvgIpc) is 1.88. The summed E-state index contributed by atoms with van der Waals surface area (Å²) in [5, 5.41) is 0.0833. The van der Waals surface area contributed by atoms with Gasteiger partial charge in [0, 0.05) is 11.9 Å². The molecule has 0 saturated heterocycles. The van der Waals surface area contributed by atoms with Crippen molar-refractivity contribution in [2.75, 3.05) is 5.73 Å². The van der Waals surface area contributed by atoms with Crippen LogP contribution in [-0.4, -0.2) is 13.7 Å². The fourth-order valence-electron chi connectivity index (χ4n) is 0.520. The van der Waals surface area contributed by atoms with E-state index in [1.165, 1.54) is 12.3 Å². The first-order valence-corrected chi connectivity index (χ1v) is 3.63. The molecule has 54 valence electrons. The van der Waals surface area contributed by atoms with Crippen molar-refractivity contribution >= 4 is 16.8 Å². The molecule has 1 unspecified atom stereocenters. The van der Waals surface area contributed by atoms with Crippen LogP contribution in [-0.2, 0) is 11.1 Å². The molecule has 1 aromatic rings. The van der Waals surface area contributed by atoms with Crippen molar-refractivity contribution in [3.05, 3.63) is 18.3 Å². The van der Waals surface area contributed by atoms with Crippen LogP contribution < -0.4 is 5.73 Å². The Balaban J connectivity index is 3.07. The summed E-state index contributed by atoms with van der Waals surface area (Å²) >= 11 is -2.03. The Hall–Kier alpha value is -0.940. The molecular formula is C5H6N2O2S. The van der Waals surface area contributed by atoms with Gasteiger partial charge in [-0.05, 0) is 12.1 Å². The van der Waals surface area contributed by atoms with Crippen LogP contribution in [0.5, 0.6) is 0 Å². The first-order valence-electron chi connectivity index (χ1n) is 2.52. The van der Waals surface area contributed by atoms with E-state index in [1.54, 1.807) is 6.07 Å². The minimum atomic E-state index is -2.03.